The lowest BCUT2D eigenvalue weighted by Gasteiger charge is -2.25. The van der Waals surface area contributed by atoms with Gasteiger partial charge in [0.1, 0.15) is 0 Å². The first-order valence-corrected chi connectivity index (χ1v) is 6.87. The van der Waals surface area contributed by atoms with E-state index in [1.165, 1.54) is 5.56 Å². The molecule has 1 rings (SSSR count). The van der Waals surface area contributed by atoms with Gasteiger partial charge in [0.05, 0.1) is 0 Å². The Balaban J connectivity index is 2.30. The van der Waals surface area contributed by atoms with Gasteiger partial charge >= 0.3 is 0 Å². The van der Waals surface area contributed by atoms with Crippen molar-refractivity contribution < 1.29 is 0 Å². The van der Waals surface area contributed by atoms with Crippen LogP contribution in [0, 0.1) is 0 Å². The smallest absolute Gasteiger partial charge is 0.0104 e. The second-order valence-electron chi connectivity index (χ2n) is 6.25. The van der Waals surface area contributed by atoms with Gasteiger partial charge < -0.3 is 10.2 Å². The molecule has 0 saturated heterocycles. The summed E-state index contributed by atoms with van der Waals surface area (Å²) in [6.45, 7) is 12.2. The quantitative estimate of drug-likeness (QED) is 0.832. The first-order valence-electron chi connectivity index (χ1n) is 6.87. The van der Waals surface area contributed by atoms with E-state index in [0.29, 0.717) is 5.92 Å². The Morgan fingerprint density at radius 1 is 1.17 bits per heavy atom. The van der Waals surface area contributed by atoms with E-state index in [2.05, 4.69) is 75.3 Å². The van der Waals surface area contributed by atoms with Crippen LogP contribution in [0.4, 0.5) is 0 Å². The molecular weight excluding hydrogens is 220 g/mol. The molecule has 102 valence electrons. The highest BCUT2D eigenvalue weighted by Crippen LogP contribution is 2.15. The molecule has 0 aromatic heterocycles. The largest absolute Gasteiger partial charge is 0.311 e. The van der Waals surface area contributed by atoms with Gasteiger partial charge in [0.15, 0.2) is 0 Å². The van der Waals surface area contributed by atoms with Crippen molar-refractivity contribution in [3.05, 3.63) is 35.9 Å². The van der Waals surface area contributed by atoms with Crippen LogP contribution in [-0.4, -0.2) is 37.1 Å². The van der Waals surface area contributed by atoms with Crippen LogP contribution in [-0.2, 0) is 0 Å². The second-order valence-corrected chi connectivity index (χ2v) is 6.25. The number of hydrogen-bond donors (Lipinski definition) is 1. The number of likely N-dealkylation sites (N-methyl/N-ethyl adjacent to an activating group) is 1. The molecule has 0 saturated carbocycles. The average molecular weight is 248 g/mol. The maximum Gasteiger partial charge on any atom is 0.0104 e. The number of nitrogens with zero attached hydrogens (tertiary/aromatic N) is 1. The van der Waals surface area contributed by atoms with Gasteiger partial charge in [-0.25, -0.2) is 0 Å². The third-order valence-corrected chi connectivity index (χ3v) is 3.10. The molecule has 1 unspecified atom stereocenters. The van der Waals surface area contributed by atoms with E-state index in [0.717, 1.165) is 19.6 Å². The lowest BCUT2D eigenvalue weighted by atomic mass is 10.0. The Morgan fingerprint density at radius 3 is 2.33 bits per heavy atom. The van der Waals surface area contributed by atoms with Crippen LogP contribution in [0.15, 0.2) is 30.3 Å². The summed E-state index contributed by atoms with van der Waals surface area (Å²) in [5.74, 6) is 0.589. The summed E-state index contributed by atoms with van der Waals surface area (Å²) in [6.07, 6.45) is 0. The summed E-state index contributed by atoms with van der Waals surface area (Å²) in [5, 5.41) is 3.52. The van der Waals surface area contributed by atoms with E-state index in [9.17, 15) is 0 Å². The highest BCUT2D eigenvalue weighted by atomic mass is 15.1. The summed E-state index contributed by atoms with van der Waals surface area (Å²) in [6, 6.07) is 10.7. The Hall–Kier alpha value is -0.860. The molecule has 0 amide bonds. The molecule has 1 N–H and O–H groups in total. The second kappa shape index (κ2) is 6.91. The van der Waals surface area contributed by atoms with Gasteiger partial charge in [-0.3, -0.25) is 0 Å². The number of benzene rings is 1. The molecule has 18 heavy (non-hydrogen) atoms. The number of hydrogen-bond acceptors (Lipinski definition) is 2. The summed E-state index contributed by atoms with van der Waals surface area (Å²) in [7, 11) is 2.20. The standard InChI is InChI=1S/C16H28N2/c1-14(15-9-7-6-8-10-15)13-18(5)12-11-17-16(2,3)4/h6-10,14,17H,11-13H2,1-5H3. The monoisotopic (exact) mass is 248 g/mol. The molecule has 0 spiro atoms. The van der Waals surface area contributed by atoms with Gasteiger partial charge in [-0.15, -0.1) is 0 Å². The minimum atomic E-state index is 0.214. The molecule has 0 bridgehead atoms. The third kappa shape index (κ3) is 6.18. The van der Waals surface area contributed by atoms with Crippen LogP contribution >= 0.6 is 0 Å². The molecular formula is C16H28N2. The van der Waals surface area contributed by atoms with Crippen molar-refractivity contribution >= 4 is 0 Å². The van der Waals surface area contributed by atoms with E-state index in [1.54, 1.807) is 0 Å². The SMILES string of the molecule is CC(CN(C)CCNC(C)(C)C)c1ccccc1. The van der Waals surface area contributed by atoms with Gasteiger partial charge in [-0.05, 0) is 39.3 Å². The van der Waals surface area contributed by atoms with E-state index >= 15 is 0 Å². The molecule has 0 radical (unpaired) electrons. The van der Waals surface area contributed by atoms with Crippen LogP contribution in [0.5, 0.6) is 0 Å². The van der Waals surface area contributed by atoms with E-state index in [-0.39, 0.29) is 5.54 Å². The predicted octanol–water partition coefficient (Wildman–Crippen LogP) is 3.11. The van der Waals surface area contributed by atoms with Crippen molar-refractivity contribution in [1.29, 1.82) is 0 Å². The molecule has 0 aliphatic rings. The van der Waals surface area contributed by atoms with Gasteiger partial charge in [0, 0.05) is 25.2 Å². The zero-order chi connectivity index (χ0) is 13.6. The molecule has 2 heteroatoms. The Labute approximate surface area is 112 Å². The zero-order valence-corrected chi connectivity index (χ0v) is 12.5. The van der Waals surface area contributed by atoms with Crippen LogP contribution < -0.4 is 5.32 Å². The predicted molar refractivity (Wildman–Crippen MR) is 80.1 cm³/mol. The van der Waals surface area contributed by atoms with Crippen LogP contribution in [0.3, 0.4) is 0 Å². The summed E-state index contributed by atoms with van der Waals surface area (Å²) < 4.78 is 0. The highest BCUT2D eigenvalue weighted by molar-refractivity contribution is 5.18. The number of rotatable bonds is 6. The third-order valence-electron chi connectivity index (χ3n) is 3.10. The van der Waals surface area contributed by atoms with Crippen molar-refractivity contribution in [2.45, 2.75) is 39.2 Å². The fourth-order valence-electron chi connectivity index (χ4n) is 2.07. The van der Waals surface area contributed by atoms with Crippen molar-refractivity contribution in [1.82, 2.24) is 10.2 Å². The first kappa shape index (κ1) is 15.2. The Morgan fingerprint density at radius 2 is 1.78 bits per heavy atom. The summed E-state index contributed by atoms with van der Waals surface area (Å²) in [5.41, 5.74) is 1.64. The maximum absolute atomic E-state index is 3.52. The van der Waals surface area contributed by atoms with E-state index < -0.39 is 0 Å². The topological polar surface area (TPSA) is 15.3 Å². The summed E-state index contributed by atoms with van der Waals surface area (Å²) in [4.78, 5) is 2.40. The van der Waals surface area contributed by atoms with Gasteiger partial charge in [0.25, 0.3) is 0 Å². The van der Waals surface area contributed by atoms with Crippen molar-refractivity contribution in [3.8, 4) is 0 Å². The average Bonchev–Trinajstić information content (AvgIpc) is 2.28. The molecule has 1 aromatic carbocycles. The molecule has 0 aliphatic heterocycles. The molecule has 0 fully saturated rings. The van der Waals surface area contributed by atoms with Crippen molar-refractivity contribution in [2.24, 2.45) is 0 Å². The minimum absolute atomic E-state index is 0.214. The summed E-state index contributed by atoms with van der Waals surface area (Å²) >= 11 is 0. The zero-order valence-electron chi connectivity index (χ0n) is 12.5. The van der Waals surface area contributed by atoms with Crippen molar-refractivity contribution in [2.75, 3.05) is 26.7 Å². The van der Waals surface area contributed by atoms with Gasteiger partial charge in [0.2, 0.25) is 0 Å². The van der Waals surface area contributed by atoms with E-state index in [1.807, 2.05) is 0 Å². The van der Waals surface area contributed by atoms with Crippen LogP contribution in [0.1, 0.15) is 39.2 Å². The minimum Gasteiger partial charge on any atom is -0.311 e. The lowest BCUT2D eigenvalue weighted by Crippen LogP contribution is -2.41. The first-order chi connectivity index (χ1) is 8.38. The highest BCUT2D eigenvalue weighted by Gasteiger charge is 2.11. The van der Waals surface area contributed by atoms with E-state index in [4.69, 9.17) is 0 Å². The molecule has 0 heterocycles. The van der Waals surface area contributed by atoms with Gasteiger partial charge in [-0.1, -0.05) is 37.3 Å². The molecule has 1 atom stereocenters. The maximum atomic E-state index is 3.52. The van der Waals surface area contributed by atoms with Crippen molar-refractivity contribution in [3.63, 3.8) is 0 Å². The van der Waals surface area contributed by atoms with Crippen LogP contribution in [0.2, 0.25) is 0 Å². The fraction of sp³-hybridized carbons (Fsp3) is 0.625. The molecule has 0 aliphatic carbocycles. The fourth-order valence-corrected chi connectivity index (χ4v) is 2.07. The lowest BCUT2D eigenvalue weighted by molar-refractivity contribution is 0.297. The Bertz CT molecular complexity index is 327. The molecule has 1 aromatic rings. The van der Waals surface area contributed by atoms with Crippen LogP contribution in [0.25, 0.3) is 0 Å². The Kier molecular flexibility index (Phi) is 5.83. The number of nitrogens with one attached hydrogen (secondary N) is 1. The van der Waals surface area contributed by atoms with Gasteiger partial charge in [-0.2, -0.15) is 0 Å². The molecule has 2 nitrogen and oxygen atoms in total. The normalized spacial score (nSPS) is 13.9.